The van der Waals surface area contributed by atoms with Crippen LogP contribution in [0.1, 0.15) is 15.9 Å². The largest absolute Gasteiger partial charge is 0.496 e. The van der Waals surface area contributed by atoms with E-state index < -0.39 is 15.9 Å². The summed E-state index contributed by atoms with van der Waals surface area (Å²) in [5.41, 5.74) is 0.866. The third kappa shape index (κ3) is 4.37. The van der Waals surface area contributed by atoms with Crippen LogP contribution in [-0.4, -0.2) is 54.1 Å². The van der Waals surface area contributed by atoms with E-state index in [-0.39, 0.29) is 22.8 Å². The quantitative estimate of drug-likeness (QED) is 0.717. The molecular weight excluding hydrogens is 384 g/mol. The number of ether oxygens (including phenoxy) is 3. The highest BCUT2D eigenvalue weighted by molar-refractivity contribution is 7.89. The molecule has 0 aromatic heterocycles. The number of carbonyl (C=O) groups excluding carboxylic acids is 1. The maximum absolute atomic E-state index is 12.6. The summed E-state index contributed by atoms with van der Waals surface area (Å²) in [7, 11) is 3.48. The molecule has 0 fully saturated rings. The van der Waals surface area contributed by atoms with Crippen molar-refractivity contribution in [2.24, 2.45) is 0 Å². The lowest BCUT2D eigenvalue weighted by molar-refractivity contribution is 0.0950. The predicted octanol–water partition coefficient (Wildman–Crippen LogP) is 1.89. The molecule has 0 radical (unpaired) electrons. The number of methoxy groups -OCH3 is 3. The Labute approximate surface area is 165 Å². The summed E-state index contributed by atoms with van der Waals surface area (Å²) in [4.78, 5) is 12.5. The number of amides is 1. The third-order valence-electron chi connectivity index (χ3n) is 4.14. The zero-order valence-corrected chi connectivity index (χ0v) is 17.3. The van der Waals surface area contributed by atoms with Crippen LogP contribution in [0.4, 0.5) is 0 Å². The summed E-state index contributed by atoms with van der Waals surface area (Å²) in [5.74, 6) is 0.873. The minimum Gasteiger partial charge on any atom is -0.496 e. The molecule has 2 aromatic carbocycles. The summed E-state index contributed by atoms with van der Waals surface area (Å²) in [6, 6.07) is 9.56. The van der Waals surface area contributed by atoms with Crippen molar-refractivity contribution >= 4 is 15.9 Å². The summed E-state index contributed by atoms with van der Waals surface area (Å²) >= 11 is 0. The van der Waals surface area contributed by atoms with Crippen molar-refractivity contribution < 1.29 is 27.4 Å². The van der Waals surface area contributed by atoms with Gasteiger partial charge in [-0.2, -0.15) is 0 Å². The van der Waals surface area contributed by atoms with Crippen LogP contribution in [-0.2, 0) is 16.6 Å². The standard InChI is InChI=1S/C19H24N2O6S/c1-21(2)28(23,24)18-11-13(9-10-17(18)27-5)19(22)20-12-14-15(25-3)7-6-8-16(14)26-4/h6-11H,12H2,1-5H3,(H,20,22). The molecule has 2 aromatic rings. The SMILES string of the molecule is COc1ccc(C(=O)NCc2c(OC)cccc2OC)cc1S(=O)(=O)N(C)C. The average molecular weight is 408 g/mol. The van der Waals surface area contributed by atoms with Gasteiger partial charge in [-0.25, -0.2) is 12.7 Å². The Balaban J connectivity index is 2.32. The number of carbonyl (C=O) groups is 1. The molecule has 28 heavy (non-hydrogen) atoms. The summed E-state index contributed by atoms with van der Waals surface area (Å²) in [6.45, 7) is 0.147. The highest BCUT2D eigenvalue weighted by atomic mass is 32.2. The fraction of sp³-hybridized carbons (Fsp3) is 0.316. The van der Waals surface area contributed by atoms with Gasteiger partial charge in [0.1, 0.15) is 22.1 Å². The lowest BCUT2D eigenvalue weighted by Crippen LogP contribution is -2.25. The van der Waals surface area contributed by atoms with E-state index in [4.69, 9.17) is 14.2 Å². The molecule has 152 valence electrons. The van der Waals surface area contributed by atoms with Gasteiger partial charge in [0.05, 0.1) is 33.4 Å². The minimum atomic E-state index is -3.78. The van der Waals surface area contributed by atoms with Crippen LogP contribution in [0.5, 0.6) is 17.2 Å². The number of nitrogens with zero attached hydrogens (tertiary/aromatic N) is 1. The van der Waals surface area contributed by atoms with Gasteiger partial charge in [0.25, 0.3) is 5.91 Å². The summed E-state index contributed by atoms with van der Waals surface area (Å²) < 4.78 is 41.9. The van der Waals surface area contributed by atoms with Crippen LogP contribution < -0.4 is 19.5 Å². The molecule has 1 N–H and O–H groups in total. The summed E-state index contributed by atoms with van der Waals surface area (Å²) in [6.07, 6.45) is 0. The molecule has 0 saturated heterocycles. The lowest BCUT2D eigenvalue weighted by atomic mass is 10.1. The molecule has 0 spiro atoms. The van der Waals surface area contributed by atoms with Crippen LogP contribution in [0, 0.1) is 0 Å². The first kappa shape index (κ1) is 21.5. The normalized spacial score (nSPS) is 11.2. The van der Waals surface area contributed by atoms with Gasteiger partial charge < -0.3 is 19.5 Å². The van der Waals surface area contributed by atoms with Crippen molar-refractivity contribution in [3.8, 4) is 17.2 Å². The van der Waals surface area contributed by atoms with Crippen LogP contribution in [0.3, 0.4) is 0 Å². The van der Waals surface area contributed by atoms with E-state index in [1.165, 1.54) is 53.6 Å². The molecular formula is C19H24N2O6S. The van der Waals surface area contributed by atoms with Gasteiger partial charge in [-0.3, -0.25) is 4.79 Å². The number of sulfonamides is 1. The van der Waals surface area contributed by atoms with Crippen LogP contribution >= 0.6 is 0 Å². The number of hydrogen-bond donors (Lipinski definition) is 1. The van der Waals surface area contributed by atoms with Crippen molar-refractivity contribution in [2.45, 2.75) is 11.4 Å². The van der Waals surface area contributed by atoms with Crippen LogP contribution in [0.15, 0.2) is 41.3 Å². The zero-order valence-electron chi connectivity index (χ0n) is 16.5. The van der Waals surface area contributed by atoms with Gasteiger partial charge >= 0.3 is 0 Å². The molecule has 9 heteroatoms. The number of benzene rings is 2. The first-order valence-corrected chi connectivity index (χ1v) is 9.78. The molecule has 0 bridgehead atoms. The Hall–Kier alpha value is -2.78. The van der Waals surface area contributed by atoms with Gasteiger partial charge in [-0.15, -0.1) is 0 Å². The molecule has 0 atom stereocenters. The molecule has 2 rings (SSSR count). The molecule has 8 nitrogen and oxygen atoms in total. The predicted molar refractivity (Wildman–Crippen MR) is 105 cm³/mol. The molecule has 0 saturated carbocycles. The second-order valence-electron chi connectivity index (χ2n) is 5.98. The Kier molecular flexibility index (Phi) is 6.87. The fourth-order valence-electron chi connectivity index (χ4n) is 2.59. The van der Waals surface area contributed by atoms with Crippen LogP contribution in [0.2, 0.25) is 0 Å². The number of hydrogen-bond acceptors (Lipinski definition) is 6. The van der Waals surface area contributed by atoms with Crippen molar-refractivity contribution in [1.29, 1.82) is 0 Å². The fourth-order valence-corrected chi connectivity index (χ4v) is 3.66. The minimum absolute atomic E-state index is 0.0810. The summed E-state index contributed by atoms with van der Waals surface area (Å²) in [5, 5.41) is 2.76. The lowest BCUT2D eigenvalue weighted by Gasteiger charge is -2.16. The van der Waals surface area contributed by atoms with E-state index in [9.17, 15) is 13.2 Å². The van der Waals surface area contributed by atoms with E-state index in [1.54, 1.807) is 18.2 Å². The Morgan fingerprint density at radius 2 is 1.54 bits per heavy atom. The maximum atomic E-state index is 12.6. The Bertz CT molecular complexity index is 935. The first-order valence-electron chi connectivity index (χ1n) is 8.34. The van der Waals surface area contributed by atoms with E-state index >= 15 is 0 Å². The van der Waals surface area contributed by atoms with Crippen molar-refractivity contribution in [1.82, 2.24) is 9.62 Å². The van der Waals surface area contributed by atoms with Gasteiger partial charge in [0.15, 0.2) is 0 Å². The third-order valence-corrected chi connectivity index (χ3v) is 5.98. The highest BCUT2D eigenvalue weighted by Gasteiger charge is 2.24. The molecule has 0 unspecified atom stereocenters. The van der Waals surface area contributed by atoms with Gasteiger partial charge in [0, 0.05) is 19.7 Å². The van der Waals surface area contributed by atoms with E-state index in [1.807, 2.05) is 0 Å². The number of rotatable bonds is 8. The highest BCUT2D eigenvalue weighted by Crippen LogP contribution is 2.29. The topological polar surface area (TPSA) is 94.2 Å². The Morgan fingerprint density at radius 1 is 0.964 bits per heavy atom. The monoisotopic (exact) mass is 408 g/mol. The van der Waals surface area contributed by atoms with Gasteiger partial charge in [-0.1, -0.05) is 6.07 Å². The molecule has 0 aliphatic rings. The van der Waals surface area contributed by atoms with E-state index in [2.05, 4.69) is 5.32 Å². The molecule has 0 heterocycles. The van der Waals surface area contributed by atoms with E-state index in [0.29, 0.717) is 17.1 Å². The van der Waals surface area contributed by atoms with E-state index in [0.717, 1.165) is 4.31 Å². The van der Waals surface area contributed by atoms with Gasteiger partial charge in [0.2, 0.25) is 10.0 Å². The van der Waals surface area contributed by atoms with Crippen molar-refractivity contribution in [3.05, 3.63) is 47.5 Å². The van der Waals surface area contributed by atoms with Crippen molar-refractivity contribution in [3.63, 3.8) is 0 Å². The molecule has 1 amide bonds. The average Bonchev–Trinajstić information content (AvgIpc) is 2.70. The first-order chi connectivity index (χ1) is 13.3. The second-order valence-corrected chi connectivity index (χ2v) is 8.10. The second kappa shape index (κ2) is 8.94. The maximum Gasteiger partial charge on any atom is 0.251 e. The zero-order chi connectivity index (χ0) is 20.9. The smallest absolute Gasteiger partial charge is 0.251 e. The number of nitrogens with one attached hydrogen (secondary N) is 1. The molecule has 0 aliphatic carbocycles. The van der Waals surface area contributed by atoms with Crippen molar-refractivity contribution in [2.75, 3.05) is 35.4 Å². The molecule has 0 aliphatic heterocycles. The van der Waals surface area contributed by atoms with Crippen LogP contribution in [0.25, 0.3) is 0 Å². The van der Waals surface area contributed by atoms with Gasteiger partial charge in [-0.05, 0) is 30.3 Å². The Morgan fingerprint density at radius 3 is 2.04 bits per heavy atom.